The van der Waals surface area contributed by atoms with Crippen LogP contribution >= 0.6 is 7.82 Å². The first kappa shape index (κ1) is 38.8. The Morgan fingerprint density at radius 3 is 1.90 bits per heavy atom. The molecule has 2 atom stereocenters. The number of rotatable bonds is 27. The third-order valence-electron chi connectivity index (χ3n) is 6.27. The molecule has 0 aliphatic heterocycles. The molecule has 0 radical (unpaired) electrons. The Hall–Kier alpha value is -1.25. The van der Waals surface area contributed by atoms with Gasteiger partial charge in [-0.2, -0.15) is 0 Å². The lowest BCUT2D eigenvalue weighted by molar-refractivity contribution is -0.870. The quantitative estimate of drug-likeness (QED) is 0.0353. The Morgan fingerprint density at radius 1 is 0.750 bits per heavy atom. The molecule has 1 N–H and O–H groups in total. The number of allylic oxidation sites excluding steroid dienone is 2. The van der Waals surface area contributed by atoms with Gasteiger partial charge in [-0.25, -0.2) is 4.57 Å². The van der Waals surface area contributed by atoms with E-state index in [-0.39, 0.29) is 32.0 Å². The number of carbonyl (C=O) groups excluding carboxylic acids is 2. The molecule has 1 unspecified atom stereocenters. The van der Waals surface area contributed by atoms with Gasteiger partial charge in [0.1, 0.15) is 19.8 Å². The second-order valence-electron chi connectivity index (χ2n) is 11.5. The lowest BCUT2D eigenvalue weighted by atomic mass is 10.1. The topological polar surface area (TPSA) is 108 Å². The molecule has 0 rings (SSSR count). The van der Waals surface area contributed by atoms with Gasteiger partial charge in [0, 0.05) is 12.8 Å². The minimum atomic E-state index is -4.33. The van der Waals surface area contributed by atoms with Crippen LogP contribution in [0.25, 0.3) is 0 Å². The normalized spacial score (nSPS) is 14.2. The van der Waals surface area contributed by atoms with Crippen LogP contribution < -0.4 is 0 Å². The van der Waals surface area contributed by atoms with E-state index in [1.165, 1.54) is 44.9 Å². The van der Waals surface area contributed by atoms with Crippen molar-refractivity contribution in [3.8, 4) is 0 Å². The summed E-state index contributed by atoms with van der Waals surface area (Å²) in [6, 6.07) is 0. The highest BCUT2D eigenvalue weighted by Gasteiger charge is 2.26. The lowest BCUT2D eigenvalue weighted by Crippen LogP contribution is -2.37. The fourth-order valence-electron chi connectivity index (χ4n) is 3.81. The Morgan fingerprint density at radius 2 is 1.32 bits per heavy atom. The molecule has 0 bridgehead atoms. The van der Waals surface area contributed by atoms with Crippen LogP contribution in [-0.2, 0) is 32.7 Å². The predicted octanol–water partition coefficient (Wildman–Crippen LogP) is 7.12. The van der Waals surface area contributed by atoms with Gasteiger partial charge in [-0.1, -0.05) is 77.4 Å². The van der Waals surface area contributed by atoms with E-state index in [1.54, 1.807) is 0 Å². The number of phosphoric acid groups is 1. The molecule has 9 nitrogen and oxygen atoms in total. The number of hydrogen-bond acceptors (Lipinski definition) is 7. The van der Waals surface area contributed by atoms with Crippen molar-refractivity contribution in [2.24, 2.45) is 0 Å². The minimum Gasteiger partial charge on any atom is -0.462 e. The number of hydrogen-bond donors (Lipinski definition) is 1. The number of nitrogens with zero attached hydrogens (tertiary/aromatic N) is 1. The smallest absolute Gasteiger partial charge is 0.462 e. The highest BCUT2D eigenvalue weighted by atomic mass is 31.2. The van der Waals surface area contributed by atoms with Crippen molar-refractivity contribution in [3.05, 3.63) is 12.2 Å². The van der Waals surface area contributed by atoms with E-state index >= 15 is 0 Å². The van der Waals surface area contributed by atoms with Gasteiger partial charge < -0.3 is 18.9 Å². The summed E-state index contributed by atoms with van der Waals surface area (Å²) in [5.74, 6) is -0.872. The van der Waals surface area contributed by atoms with E-state index in [1.807, 2.05) is 28.1 Å². The van der Waals surface area contributed by atoms with Gasteiger partial charge in [0.25, 0.3) is 0 Å². The second kappa shape index (κ2) is 24.4. The molecule has 0 saturated heterocycles. The molecule has 0 aliphatic rings. The van der Waals surface area contributed by atoms with Gasteiger partial charge in [0.2, 0.25) is 0 Å². The summed E-state index contributed by atoms with van der Waals surface area (Å²) in [5, 5.41) is 0. The first-order valence-electron chi connectivity index (χ1n) is 15.4. The van der Waals surface area contributed by atoms with Gasteiger partial charge in [0.15, 0.2) is 6.10 Å². The monoisotopic (exact) mass is 592 g/mol. The van der Waals surface area contributed by atoms with Crippen LogP contribution in [0.3, 0.4) is 0 Å². The van der Waals surface area contributed by atoms with E-state index in [2.05, 4.69) is 19.1 Å². The van der Waals surface area contributed by atoms with E-state index in [9.17, 15) is 19.0 Å². The maximum absolute atomic E-state index is 12.2. The van der Waals surface area contributed by atoms with Crippen LogP contribution in [0.2, 0.25) is 0 Å². The molecular weight excluding hydrogens is 533 g/mol. The van der Waals surface area contributed by atoms with Gasteiger partial charge in [-0.3, -0.25) is 18.6 Å². The summed E-state index contributed by atoms with van der Waals surface area (Å²) in [5.41, 5.74) is 0. The number of quaternary nitrogens is 1. The molecule has 0 heterocycles. The average molecular weight is 593 g/mol. The van der Waals surface area contributed by atoms with Crippen LogP contribution in [-0.4, -0.2) is 74.9 Å². The highest BCUT2D eigenvalue weighted by molar-refractivity contribution is 7.47. The average Bonchev–Trinajstić information content (AvgIpc) is 2.87. The summed E-state index contributed by atoms with van der Waals surface area (Å²) in [4.78, 5) is 34.1. The SMILES string of the molecule is CCCCCCCC/C=C\CCCCCCCC(=O)OC[C@H](COP(=O)(O)OCC[N+](C)(C)C)OC(=O)CCC. The van der Waals surface area contributed by atoms with Crippen LogP contribution in [0.1, 0.15) is 117 Å². The summed E-state index contributed by atoms with van der Waals surface area (Å²) in [7, 11) is 1.46. The van der Waals surface area contributed by atoms with E-state index < -0.39 is 26.5 Å². The molecule has 0 fully saturated rings. The Labute approximate surface area is 244 Å². The fraction of sp³-hybridized carbons (Fsp3) is 0.867. The van der Waals surface area contributed by atoms with Crippen molar-refractivity contribution in [2.75, 3.05) is 47.5 Å². The molecule has 0 aromatic carbocycles. The van der Waals surface area contributed by atoms with Crippen molar-refractivity contribution in [3.63, 3.8) is 0 Å². The molecule has 0 spiro atoms. The first-order chi connectivity index (χ1) is 19.0. The van der Waals surface area contributed by atoms with Crippen molar-refractivity contribution in [2.45, 2.75) is 123 Å². The predicted molar refractivity (Wildman–Crippen MR) is 160 cm³/mol. The van der Waals surface area contributed by atoms with Gasteiger partial charge in [-0.15, -0.1) is 0 Å². The highest BCUT2D eigenvalue weighted by Crippen LogP contribution is 2.43. The van der Waals surface area contributed by atoms with Gasteiger partial charge >= 0.3 is 19.8 Å². The summed E-state index contributed by atoms with van der Waals surface area (Å²) in [6.45, 7) is 3.98. The maximum Gasteiger partial charge on any atom is 0.472 e. The van der Waals surface area contributed by atoms with Gasteiger partial charge in [0.05, 0.1) is 27.7 Å². The third-order valence-corrected chi connectivity index (χ3v) is 7.25. The van der Waals surface area contributed by atoms with Gasteiger partial charge in [-0.05, 0) is 38.5 Å². The molecule has 0 aliphatic carbocycles. The van der Waals surface area contributed by atoms with E-state index in [4.69, 9.17) is 18.5 Å². The summed E-state index contributed by atoms with van der Waals surface area (Å²) in [6.07, 6.45) is 20.0. The molecule has 0 amide bonds. The molecule has 40 heavy (non-hydrogen) atoms. The van der Waals surface area contributed by atoms with Crippen molar-refractivity contribution in [1.82, 2.24) is 0 Å². The first-order valence-corrected chi connectivity index (χ1v) is 16.9. The lowest BCUT2D eigenvalue weighted by Gasteiger charge is -2.24. The number of esters is 2. The van der Waals surface area contributed by atoms with Crippen LogP contribution in [0, 0.1) is 0 Å². The molecule has 236 valence electrons. The molecule has 0 aromatic heterocycles. The van der Waals surface area contributed by atoms with Crippen LogP contribution in [0.5, 0.6) is 0 Å². The molecule has 0 aromatic rings. The summed E-state index contributed by atoms with van der Waals surface area (Å²) >= 11 is 0. The van der Waals surface area contributed by atoms with Crippen molar-refractivity contribution in [1.29, 1.82) is 0 Å². The third kappa shape index (κ3) is 26.9. The zero-order valence-corrected chi connectivity index (χ0v) is 27.0. The Kier molecular flexibility index (Phi) is 23.6. The van der Waals surface area contributed by atoms with Crippen LogP contribution in [0.15, 0.2) is 12.2 Å². The second-order valence-corrected chi connectivity index (χ2v) is 12.9. The zero-order valence-electron chi connectivity index (χ0n) is 26.1. The standard InChI is InChI=1S/C30H58NO8P/c1-6-8-9-10-11-12-13-14-15-16-17-18-19-20-21-23-29(32)36-26-28(39-30(33)22-7-2)27-38-40(34,35)37-25-24-31(3,4)5/h14-15,28H,6-13,16-27H2,1-5H3/p+1/b15-14-/t28-/m1/s1. The zero-order chi connectivity index (χ0) is 30.1. The molecule has 0 saturated carbocycles. The number of phosphoric ester groups is 1. The Bertz CT molecular complexity index is 723. The van der Waals surface area contributed by atoms with Crippen molar-refractivity contribution >= 4 is 19.8 Å². The largest absolute Gasteiger partial charge is 0.472 e. The van der Waals surface area contributed by atoms with E-state index in [0.717, 1.165) is 38.5 Å². The summed E-state index contributed by atoms with van der Waals surface area (Å²) < 4.78 is 33.3. The number of unbranched alkanes of at least 4 members (excludes halogenated alkanes) is 11. The van der Waals surface area contributed by atoms with E-state index in [0.29, 0.717) is 17.4 Å². The number of ether oxygens (including phenoxy) is 2. The minimum absolute atomic E-state index is 0.0303. The number of carbonyl (C=O) groups is 2. The Balaban J connectivity index is 4.12. The molecular formula is C30H59NO8P+. The fourth-order valence-corrected chi connectivity index (χ4v) is 4.55. The van der Waals surface area contributed by atoms with Crippen LogP contribution in [0.4, 0.5) is 0 Å². The maximum atomic E-state index is 12.2. The number of likely N-dealkylation sites (N-methyl/N-ethyl adjacent to an activating group) is 1. The molecule has 10 heteroatoms. The van der Waals surface area contributed by atoms with Crippen molar-refractivity contribution < 1.29 is 42.1 Å².